The summed E-state index contributed by atoms with van der Waals surface area (Å²) in [6.07, 6.45) is 0.934. The molecule has 5 heteroatoms. The van der Waals surface area contributed by atoms with E-state index in [1.54, 1.807) is 19.9 Å². The van der Waals surface area contributed by atoms with Gasteiger partial charge in [0.1, 0.15) is 0 Å². The molecule has 0 radical (unpaired) electrons. The number of hydrogen-bond acceptors (Lipinski definition) is 4. The van der Waals surface area contributed by atoms with Crippen molar-refractivity contribution < 1.29 is 9.90 Å². The van der Waals surface area contributed by atoms with E-state index in [1.807, 2.05) is 0 Å². The van der Waals surface area contributed by atoms with E-state index in [0.29, 0.717) is 16.9 Å². The van der Waals surface area contributed by atoms with Gasteiger partial charge in [0.05, 0.1) is 29.2 Å². The molecule has 0 bridgehead atoms. The molecule has 1 atom stereocenters. The monoisotopic (exact) mass is 209 g/mol. The van der Waals surface area contributed by atoms with Crippen LogP contribution in [0, 0.1) is 6.92 Å². The Bertz CT molecular complexity index is 364. The van der Waals surface area contributed by atoms with Crippen LogP contribution in [0.15, 0.2) is 12.3 Å². The van der Waals surface area contributed by atoms with Crippen molar-refractivity contribution in [3.8, 4) is 0 Å². The topological polar surface area (TPSA) is 88.2 Å². The van der Waals surface area contributed by atoms with E-state index in [-0.39, 0.29) is 12.5 Å². The van der Waals surface area contributed by atoms with Gasteiger partial charge < -0.3 is 16.2 Å². The molecule has 15 heavy (non-hydrogen) atoms. The predicted octanol–water partition coefficient (Wildman–Crippen LogP) is 0.0828. The van der Waals surface area contributed by atoms with Crippen LogP contribution in [0.5, 0.6) is 0 Å². The highest BCUT2D eigenvalue weighted by Crippen LogP contribution is 2.08. The Morgan fingerprint density at radius 2 is 2.40 bits per heavy atom. The number of nitrogens with two attached hydrogens (primary N) is 1. The van der Waals surface area contributed by atoms with E-state index in [0.717, 1.165) is 0 Å². The maximum Gasteiger partial charge on any atom is 0.253 e. The molecule has 1 aromatic rings. The van der Waals surface area contributed by atoms with Gasteiger partial charge in [0.2, 0.25) is 0 Å². The van der Waals surface area contributed by atoms with E-state index < -0.39 is 6.10 Å². The Balaban J connectivity index is 2.77. The van der Waals surface area contributed by atoms with Gasteiger partial charge in [0, 0.05) is 6.54 Å². The SMILES string of the molecule is Cc1ncc(N)cc1C(=O)NC[C@H](C)O. The van der Waals surface area contributed by atoms with Crippen LogP contribution in [0.1, 0.15) is 23.0 Å². The van der Waals surface area contributed by atoms with Crippen molar-refractivity contribution in [1.29, 1.82) is 0 Å². The van der Waals surface area contributed by atoms with Crippen LogP contribution in [0.4, 0.5) is 5.69 Å². The van der Waals surface area contributed by atoms with Crippen LogP contribution in [0.25, 0.3) is 0 Å². The van der Waals surface area contributed by atoms with Crippen LogP contribution >= 0.6 is 0 Å². The number of carbonyl (C=O) groups excluding carboxylic acids is 1. The van der Waals surface area contributed by atoms with Crippen molar-refractivity contribution in [2.75, 3.05) is 12.3 Å². The summed E-state index contributed by atoms with van der Waals surface area (Å²) < 4.78 is 0. The Labute approximate surface area is 88.3 Å². The number of aromatic nitrogens is 1. The van der Waals surface area contributed by atoms with Crippen molar-refractivity contribution in [2.24, 2.45) is 0 Å². The first-order valence-corrected chi connectivity index (χ1v) is 4.69. The van der Waals surface area contributed by atoms with Gasteiger partial charge in [-0.05, 0) is 19.9 Å². The number of anilines is 1. The van der Waals surface area contributed by atoms with Gasteiger partial charge in [-0.2, -0.15) is 0 Å². The van der Waals surface area contributed by atoms with Crippen molar-refractivity contribution in [3.05, 3.63) is 23.5 Å². The number of aliphatic hydroxyl groups excluding tert-OH is 1. The Morgan fingerprint density at radius 1 is 1.73 bits per heavy atom. The summed E-state index contributed by atoms with van der Waals surface area (Å²) in [6.45, 7) is 3.55. The zero-order valence-electron chi connectivity index (χ0n) is 8.82. The number of pyridine rings is 1. The van der Waals surface area contributed by atoms with Gasteiger partial charge in [-0.15, -0.1) is 0 Å². The van der Waals surface area contributed by atoms with Crippen molar-refractivity contribution in [1.82, 2.24) is 10.3 Å². The average Bonchev–Trinajstić information content (AvgIpc) is 2.18. The third-order valence-electron chi connectivity index (χ3n) is 1.91. The zero-order chi connectivity index (χ0) is 11.4. The van der Waals surface area contributed by atoms with Crippen LogP contribution in [0.3, 0.4) is 0 Å². The van der Waals surface area contributed by atoms with Gasteiger partial charge in [-0.25, -0.2) is 0 Å². The Hall–Kier alpha value is -1.62. The maximum atomic E-state index is 11.6. The second kappa shape index (κ2) is 4.75. The summed E-state index contributed by atoms with van der Waals surface area (Å²) in [5, 5.41) is 11.6. The average molecular weight is 209 g/mol. The number of nitrogen functional groups attached to an aromatic ring is 1. The van der Waals surface area contributed by atoms with Crippen molar-refractivity contribution in [2.45, 2.75) is 20.0 Å². The van der Waals surface area contributed by atoms with Gasteiger partial charge in [-0.3, -0.25) is 9.78 Å². The fraction of sp³-hybridized carbons (Fsp3) is 0.400. The highest BCUT2D eigenvalue weighted by molar-refractivity contribution is 5.95. The molecule has 1 amide bonds. The third-order valence-corrected chi connectivity index (χ3v) is 1.91. The van der Waals surface area contributed by atoms with E-state index in [1.165, 1.54) is 6.20 Å². The Morgan fingerprint density at radius 3 is 3.00 bits per heavy atom. The van der Waals surface area contributed by atoms with E-state index >= 15 is 0 Å². The lowest BCUT2D eigenvalue weighted by Crippen LogP contribution is -2.31. The number of carbonyl (C=O) groups is 1. The van der Waals surface area contributed by atoms with Crippen LogP contribution in [0.2, 0.25) is 0 Å². The summed E-state index contributed by atoms with van der Waals surface area (Å²) in [5.74, 6) is -0.270. The first-order valence-electron chi connectivity index (χ1n) is 4.69. The molecule has 0 aliphatic heterocycles. The minimum absolute atomic E-state index is 0.215. The summed E-state index contributed by atoms with van der Waals surface area (Å²) in [4.78, 5) is 15.6. The molecule has 4 N–H and O–H groups in total. The molecule has 0 aromatic carbocycles. The molecule has 0 aliphatic rings. The lowest BCUT2D eigenvalue weighted by Gasteiger charge is -2.09. The molecule has 1 heterocycles. The highest BCUT2D eigenvalue weighted by Gasteiger charge is 2.10. The quantitative estimate of drug-likeness (QED) is 0.658. The zero-order valence-corrected chi connectivity index (χ0v) is 8.82. The fourth-order valence-corrected chi connectivity index (χ4v) is 1.11. The smallest absolute Gasteiger partial charge is 0.253 e. The number of rotatable bonds is 3. The fourth-order valence-electron chi connectivity index (χ4n) is 1.11. The molecule has 0 fully saturated rings. The summed E-state index contributed by atoms with van der Waals surface area (Å²) in [7, 11) is 0. The highest BCUT2D eigenvalue weighted by atomic mass is 16.3. The van der Waals surface area contributed by atoms with E-state index in [4.69, 9.17) is 10.8 Å². The minimum Gasteiger partial charge on any atom is -0.397 e. The summed E-state index contributed by atoms with van der Waals surface area (Å²) >= 11 is 0. The molecule has 0 spiro atoms. The molecule has 1 rings (SSSR count). The molecule has 0 saturated heterocycles. The van der Waals surface area contributed by atoms with Gasteiger partial charge >= 0.3 is 0 Å². The number of amides is 1. The molecular weight excluding hydrogens is 194 g/mol. The minimum atomic E-state index is -0.566. The summed E-state index contributed by atoms with van der Waals surface area (Å²) in [6, 6.07) is 1.57. The maximum absolute atomic E-state index is 11.6. The van der Waals surface area contributed by atoms with E-state index in [2.05, 4.69) is 10.3 Å². The lowest BCUT2D eigenvalue weighted by molar-refractivity contribution is 0.0923. The second-order valence-electron chi connectivity index (χ2n) is 3.46. The molecular formula is C10H15N3O2. The second-order valence-corrected chi connectivity index (χ2v) is 3.46. The van der Waals surface area contributed by atoms with Gasteiger partial charge in [-0.1, -0.05) is 0 Å². The lowest BCUT2D eigenvalue weighted by atomic mass is 10.2. The van der Waals surface area contributed by atoms with Crippen molar-refractivity contribution in [3.63, 3.8) is 0 Å². The molecule has 0 unspecified atom stereocenters. The van der Waals surface area contributed by atoms with Crippen LogP contribution in [-0.4, -0.2) is 28.6 Å². The van der Waals surface area contributed by atoms with Crippen LogP contribution < -0.4 is 11.1 Å². The molecule has 82 valence electrons. The first-order chi connectivity index (χ1) is 7.00. The van der Waals surface area contributed by atoms with E-state index in [9.17, 15) is 4.79 Å². The molecule has 5 nitrogen and oxygen atoms in total. The number of nitrogens with one attached hydrogen (secondary N) is 1. The standard InChI is InChI=1S/C10H15N3O2/c1-6(14)4-13-10(15)9-3-8(11)5-12-7(9)2/h3,5-6,14H,4,11H2,1-2H3,(H,13,15)/t6-/m0/s1. The van der Waals surface area contributed by atoms with Gasteiger partial charge in [0.25, 0.3) is 5.91 Å². The summed E-state index contributed by atoms with van der Waals surface area (Å²) in [5.41, 5.74) is 7.03. The normalized spacial score (nSPS) is 12.2. The first kappa shape index (κ1) is 11.5. The molecule has 0 aliphatic carbocycles. The van der Waals surface area contributed by atoms with Gasteiger partial charge in [0.15, 0.2) is 0 Å². The molecule has 0 saturated carbocycles. The third kappa shape index (κ3) is 3.21. The number of nitrogens with zero attached hydrogens (tertiary/aromatic N) is 1. The Kier molecular flexibility index (Phi) is 3.62. The molecule has 1 aromatic heterocycles. The number of aliphatic hydroxyl groups is 1. The number of aryl methyl sites for hydroxylation is 1. The number of hydrogen-bond donors (Lipinski definition) is 3. The largest absolute Gasteiger partial charge is 0.397 e. The van der Waals surface area contributed by atoms with Crippen LogP contribution in [-0.2, 0) is 0 Å². The predicted molar refractivity (Wildman–Crippen MR) is 57.4 cm³/mol. The van der Waals surface area contributed by atoms with Crippen molar-refractivity contribution >= 4 is 11.6 Å².